The fourth-order valence-electron chi connectivity index (χ4n) is 2.49. The van der Waals surface area contributed by atoms with Crippen LogP contribution in [0.2, 0.25) is 0 Å². The monoisotopic (exact) mass is 284 g/mol. The molecule has 0 spiro atoms. The zero-order valence-electron chi connectivity index (χ0n) is 10.9. The largest absolute Gasteiger partial charge is 0.389 e. The van der Waals surface area contributed by atoms with Gasteiger partial charge in [-0.2, -0.15) is 0 Å². The van der Waals surface area contributed by atoms with Crippen molar-refractivity contribution >= 4 is 22.9 Å². The van der Waals surface area contributed by atoms with E-state index in [2.05, 4.69) is 12.2 Å². The Morgan fingerprint density at radius 1 is 1.37 bits per heavy atom. The van der Waals surface area contributed by atoms with E-state index in [1.165, 1.54) is 18.6 Å². The molecule has 19 heavy (non-hydrogen) atoms. The molecular weight excluding hydrogens is 266 g/mol. The summed E-state index contributed by atoms with van der Waals surface area (Å²) in [6, 6.07) is 2.35. The zero-order valence-corrected chi connectivity index (χ0v) is 11.7. The Labute approximate surface area is 117 Å². The van der Waals surface area contributed by atoms with Gasteiger partial charge in [0, 0.05) is 12.1 Å². The Balaban J connectivity index is 2.14. The number of nitrogens with one attached hydrogen (secondary N) is 1. The van der Waals surface area contributed by atoms with Gasteiger partial charge in [0.25, 0.3) is 0 Å². The first kappa shape index (κ1) is 14.2. The number of nitrogens with two attached hydrogens (primary N) is 1. The van der Waals surface area contributed by atoms with Crippen molar-refractivity contribution in [1.29, 1.82) is 0 Å². The second kappa shape index (κ2) is 5.41. The van der Waals surface area contributed by atoms with Crippen LogP contribution in [-0.4, -0.2) is 11.5 Å². The van der Waals surface area contributed by atoms with Crippen LogP contribution >= 0.6 is 12.2 Å². The minimum absolute atomic E-state index is 0.00614. The van der Waals surface area contributed by atoms with E-state index in [0.29, 0.717) is 6.54 Å². The Kier molecular flexibility index (Phi) is 4.04. The molecule has 0 saturated heterocycles. The molecule has 104 valence electrons. The molecule has 0 aromatic heterocycles. The van der Waals surface area contributed by atoms with Crippen molar-refractivity contribution in [1.82, 2.24) is 0 Å². The zero-order chi connectivity index (χ0) is 14.0. The Hall–Kier alpha value is -1.23. The molecule has 2 nitrogen and oxygen atoms in total. The van der Waals surface area contributed by atoms with Crippen molar-refractivity contribution in [2.24, 2.45) is 11.1 Å². The third-order valence-corrected chi connectivity index (χ3v) is 4.37. The summed E-state index contributed by atoms with van der Waals surface area (Å²) in [4.78, 5) is -0.00614. The molecule has 1 aromatic carbocycles. The van der Waals surface area contributed by atoms with Crippen LogP contribution in [0.3, 0.4) is 0 Å². The lowest BCUT2D eigenvalue weighted by Crippen LogP contribution is -2.36. The van der Waals surface area contributed by atoms with Gasteiger partial charge in [0.05, 0.1) is 0 Å². The van der Waals surface area contributed by atoms with E-state index in [0.717, 1.165) is 19.3 Å². The topological polar surface area (TPSA) is 38.0 Å². The minimum atomic E-state index is -0.645. The third kappa shape index (κ3) is 2.86. The molecule has 0 atom stereocenters. The van der Waals surface area contributed by atoms with Crippen LogP contribution in [0.5, 0.6) is 0 Å². The van der Waals surface area contributed by atoms with Crippen LogP contribution in [0.4, 0.5) is 14.5 Å². The molecule has 3 N–H and O–H groups in total. The van der Waals surface area contributed by atoms with Gasteiger partial charge in [0.2, 0.25) is 0 Å². The molecule has 0 heterocycles. The standard InChI is InChI=1S/C14H18F2N2S/c1-2-14(4-3-5-14)8-18-12-10(15)6-9(13(17)19)7-11(12)16/h6-7,18H,2-5,8H2,1H3,(H2,17,19). The van der Waals surface area contributed by atoms with E-state index in [1.807, 2.05) is 0 Å². The number of benzene rings is 1. The maximum absolute atomic E-state index is 13.9. The average Bonchev–Trinajstić information content (AvgIpc) is 2.30. The molecule has 1 aliphatic carbocycles. The van der Waals surface area contributed by atoms with Crippen LogP contribution in [0.1, 0.15) is 38.2 Å². The second-order valence-electron chi connectivity index (χ2n) is 5.24. The number of anilines is 1. The summed E-state index contributed by atoms with van der Waals surface area (Å²) >= 11 is 4.72. The van der Waals surface area contributed by atoms with Crippen LogP contribution in [0.25, 0.3) is 0 Å². The highest BCUT2D eigenvalue weighted by Crippen LogP contribution is 2.43. The van der Waals surface area contributed by atoms with E-state index in [-0.39, 0.29) is 21.7 Å². The van der Waals surface area contributed by atoms with Crippen molar-refractivity contribution in [2.45, 2.75) is 32.6 Å². The summed E-state index contributed by atoms with van der Waals surface area (Å²) in [6.07, 6.45) is 4.45. The van der Waals surface area contributed by atoms with Gasteiger partial charge < -0.3 is 11.1 Å². The van der Waals surface area contributed by atoms with Crippen molar-refractivity contribution in [3.8, 4) is 0 Å². The summed E-state index contributed by atoms with van der Waals surface area (Å²) in [5, 5.41) is 2.91. The third-order valence-electron chi connectivity index (χ3n) is 4.13. The lowest BCUT2D eigenvalue weighted by Gasteiger charge is -2.41. The van der Waals surface area contributed by atoms with Gasteiger partial charge in [-0.1, -0.05) is 25.6 Å². The molecule has 2 rings (SSSR count). The molecule has 0 bridgehead atoms. The summed E-state index contributed by atoms with van der Waals surface area (Å²) in [5.74, 6) is -1.29. The molecule has 0 aliphatic heterocycles. The van der Waals surface area contributed by atoms with E-state index in [1.54, 1.807) is 0 Å². The lowest BCUT2D eigenvalue weighted by molar-refractivity contribution is 0.144. The maximum Gasteiger partial charge on any atom is 0.150 e. The van der Waals surface area contributed by atoms with Crippen molar-refractivity contribution in [2.75, 3.05) is 11.9 Å². The van der Waals surface area contributed by atoms with E-state index >= 15 is 0 Å². The number of thiocarbonyl (C=S) groups is 1. The van der Waals surface area contributed by atoms with Crippen molar-refractivity contribution in [3.63, 3.8) is 0 Å². The molecule has 0 unspecified atom stereocenters. The normalized spacial score (nSPS) is 16.8. The van der Waals surface area contributed by atoms with Crippen LogP contribution < -0.4 is 11.1 Å². The van der Waals surface area contributed by atoms with Gasteiger partial charge in [0.1, 0.15) is 22.3 Å². The predicted molar refractivity (Wildman–Crippen MR) is 77.3 cm³/mol. The molecule has 1 aromatic rings. The van der Waals surface area contributed by atoms with Gasteiger partial charge in [-0.3, -0.25) is 0 Å². The van der Waals surface area contributed by atoms with Gasteiger partial charge in [0.15, 0.2) is 0 Å². The average molecular weight is 284 g/mol. The highest BCUT2D eigenvalue weighted by molar-refractivity contribution is 7.80. The molecule has 0 radical (unpaired) electrons. The van der Waals surface area contributed by atoms with Crippen LogP contribution in [0.15, 0.2) is 12.1 Å². The smallest absolute Gasteiger partial charge is 0.150 e. The summed E-state index contributed by atoms with van der Waals surface area (Å²) in [7, 11) is 0. The number of rotatable bonds is 5. The van der Waals surface area contributed by atoms with Gasteiger partial charge in [-0.25, -0.2) is 8.78 Å². The molecule has 1 saturated carbocycles. The number of hydrogen-bond donors (Lipinski definition) is 2. The highest BCUT2D eigenvalue weighted by Gasteiger charge is 2.35. The maximum atomic E-state index is 13.9. The molecule has 5 heteroatoms. The SMILES string of the molecule is CCC1(CNc2c(F)cc(C(N)=S)cc2F)CCC1. The number of hydrogen-bond acceptors (Lipinski definition) is 2. The highest BCUT2D eigenvalue weighted by atomic mass is 32.1. The first-order chi connectivity index (χ1) is 8.97. The first-order valence-electron chi connectivity index (χ1n) is 6.50. The van der Waals surface area contributed by atoms with Gasteiger partial charge in [-0.15, -0.1) is 0 Å². The van der Waals surface area contributed by atoms with Gasteiger partial charge in [-0.05, 0) is 36.8 Å². The lowest BCUT2D eigenvalue weighted by atomic mass is 9.67. The fourth-order valence-corrected chi connectivity index (χ4v) is 2.61. The first-order valence-corrected chi connectivity index (χ1v) is 6.91. The quantitative estimate of drug-likeness (QED) is 0.811. The van der Waals surface area contributed by atoms with Crippen molar-refractivity contribution < 1.29 is 8.78 Å². The predicted octanol–water partition coefficient (Wildman–Crippen LogP) is 3.59. The van der Waals surface area contributed by atoms with E-state index in [9.17, 15) is 8.78 Å². The van der Waals surface area contributed by atoms with Gasteiger partial charge >= 0.3 is 0 Å². The summed E-state index contributed by atoms with van der Waals surface area (Å²) < 4.78 is 27.7. The van der Waals surface area contributed by atoms with E-state index in [4.69, 9.17) is 18.0 Å². The Bertz CT molecular complexity index is 470. The molecule has 1 fully saturated rings. The number of halogens is 2. The fraction of sp³-hybridized carbons (Fsp3) is 0.500. The van der Waals surface area contributed by atoms with E-state index < -0.39 is 11.6 Å². The van der Waals surface area contributed by atoms with Crippen LogP contribution in [0, 0.1) is 17.0 Å². The Morgan fingerprint density at radius 3 is 2.32 bits per heavy atom. The molecule has 0 amide bonds. The van der Waals surface area contributed by atoms with Crippen LogP contribution in [-0.2, 0) is 0 Å². The second-order valence-corrected chi connectivity index (χ2v) is 5.68. The summed E-state index contributed by atoms with van der Waals surface area (Å²) in [5.41, 5.74) is 5.70. The summed E-state index contributed by atoms with van der Waals surface area (Å²) in [6.45, 7) is 2.72. The minimum Gasteiger partial charge on any atom is -0.389 e. The molecule has 1 aliphatic rings. The molecular formula is C14H18F2N2S. The van der Waals surface area contributed by atoms with Crippen molar-refractivity contribution in [3.05, 3.63) is 29.3 Å². The Morgan fingerprint density at radius 2 is 1.95 bits per heavy atom.